The first-order valence-corrected chi connectivity index (χ1v) is 11.4. The number of amides is 1. The molecule has 5 nitrogen and oxygen atoms in total. The summed E-state index contributed by atoms with van der Waals surface area (Å²) in [6, 6.07) is 14.1. The summed E-state index contributed by atoms with van der Waals surface area (Å²) < 4.78 is 24.5. The maximum absolute atomic E-state index is 12.3. The number of hydrogen-bond acceptors (Lipinski definition) is 4. The molecule has 2 aromatic rings. The first-order valence-electron chi connectivity index (χ1n) is 9.39. The van der Waals surface area contributed by atoms with Crippen LogP contribution in [0.3, 0.4) is 0 Å². The standard InChI is InChI=1S/C21H27ClN2O3S/c1-3-24(4-2)16-18-7-5-17(6-8-18)15-23-21(25)13-14-28(26,27)20-11-9-19(22)10-12-20/h5-12H,3-4,13-16H2,1-2H3,(H,23,25). The lowest BCUT2D eigenvalue weighted by molar-refractivity contribution is -0.120. The van der Waals surface area contributed by atoms with Crippen LogP contribution in [-0.2, 0) is 27.7 Å². The van der Waals surface area contributed by atoms with Crippen LogP contribution in [0.5, 0.6) is 0 Å². The van der Waals surface area contributed by atoms with Crippen LogP contribution in [0.25, 0.3) is 0 Å². The van der Waals surface area contributed by atoms with Crippen molar-refractivity contribution in [3.05, 3.63) is 64.7 Å². The van der Waals surface area contributed by atoms with Crippen LogP contribution in [0.4, 0.5) is 0 Å². The van der Waals surface area contributed by atoms with E-state index in [-0.39, 0.29) is 23.0 Å². The Morgan fingerprint density at radius 2 is 1.54 bits per heavy atom. The number of nitrogens with one attached hydrogen (secondary N) is 1. The Bertz CT molecular complexity index is 862. The Morgan fingerprint density at radius 3 is 2.11 bits per heavy atom. The van der Waals surface area contributed by atoms with Crippen molar-refractivity contribution in [1.29, 1.82) is 0 Å². The summed E-state index contributed by atoms with van der Waals surface area (Å²) in [6.45, 7) is 7.58. The monoisotopic (exact) mass is 422 g/mol. The number of carbonyl (C=O) groups is 1. The van der Waals surface area contributed by atoms with Crippen molar-refractivity contribution >= 4 is 27.3 Å². The van der Waals surface area contributed by atoms with Crippen molar-refractivity contribution in [2.75, 3.05) is 18.8 Å². The molecule has 7 heteroatoms. The Labute approximate surface area is 172 Å². The molecular formula is C21H27ClN2O3S. The average molecular weight is 423 g/mol. The molecule has 2 rings (SSSR count). The zero-order chi connectivity index (χ0) is 20.6. The maximum atomic E-state index is 12.3. The summed E-state index contributed by atoms with van der Waals surface area (Å²) in [4.78, 5) is 14.5. The van der Waals surface area contributed by atoms with Gasteiger partial charge in [-0.05, 0) is 48.5 Å². The van der Waals surface area contributed by atoms with E-state index in [2.05, 4.69) is 36.2 Å². The van der Waals surface area contributed by atoms with E-state index in [0.29, 0.717) is 11.6 Å². The summed E-state index contributed by atoms with van der Waals surface area (Å²) in [5.74, 6) is -0.520. The van der Waals surface area contributed by atoms with E-state index in [1.165, 1.54) is 29.8 Å². The Morgan fingerprint density at radius 1 is 0.964 bits per heavy atom. The smallest absolute Gasteiger partial charge is 0.221 e. The van der Waals surface area contributed by atoms with Crippen molar-refractivity contribution < 1.29 is 13.2 Å². The second-order valence-corrected chi connectivity index (χ2v) is 9.12. The zero-order valence-corrected chi connectivity index (χ0v) is 17.9. The van der Waals surface area contributed by atoms with E-state index in [4.69, 9.17) is 11.6 Å². The van der Waals surface area contributed by atoms with Crippen LogP contribution < -0.4 is 5.32 Å². The molecule has 0 unspecified atom stereocenters. The first kappa shape index (κ1) is 22.4. The fourth-order valence-electron chi connectivity index (χ4n) is 2.74. The molecule has 152 valence electrons. The third kappa shape index (κ3) is 6.93. The summed E-state index contributed by atoms with van der Waals surface area (Å²) in [5.41, 5.74) is 2.21. The highest BCUT2D eigenvalue weighted by Crippen LogP contribution is 2.16. The van der Waals surface area contributed by atoms with Crippen molar-refractivity contribution in [1.82, 2.24) is 10.2 Å². The van der Waals surface area contributed by atoms with Gasteiger partial charge >= 0.3 is 0 Å². The number of carbonyl (C=O) groups excluding carboxylic acids is 1. The van der Waals surface area contributed by atoms with E-state index in [0.717, 1.165) is 25.2 Å². The van der Waals surface area contributed by atoms with Gasteiger partial charge in [0.05, 0.1) is 10.6 Å². The SMILES string of the molecule is CCN(CC)Cc1ccc(CNC(=O)CCS(=O)(=O)c2ccc(Cl)cc2)cc1. The van der Waals surface area contributed by atoms with Gasteiger partial charge in [0.2, 0.25) is 5.91 Å². The molecule has 0 aliphatic heterocycles. The molecule has 0 spiro atoms. The first-order chi connectivity index (χ1) is 13.3. The quantitative estimate of drug-likeness (QED) is 0.634. The van der Waals surface area contributed by atoms with Crippen molar-refractivity contribution in [3.8, 4) is 0 Å². The number of benzene rings is 2. The van der Waals surface area contributed by atoms with E-state index < -0.39 is 9.84 Å². The number of nitrogens with zero attached hydrogens (tertiary/aromatic N) is 1. The molecule has 0 heterocycles. The molecule has 1 amide bonds. The summed E-state index contributed by atoms with van der Waals surface area (Å²) >= 11 is 5.78. The van der Waals surface area contributed by atoms with Crippen molar-refractivity contribution in [2.24, 2.45) is 0 Å². The lowest BCUT2D eigenvalue weighted by Gasteiger charge is -2.18. The summed E-state index contributed by atoms with van der Waals surface area (Å²) in [7, 11) is -3.50. The maximum Gasteiger partial charge on any atom is 0.221 e. The largest absolute Gasteiger partial charge is 0.352 e. The molecule has 0 aliphatic carbocycles. The molecule has 0 radical (unpaired) electrons. The molecule has 0 atom stereocenters. The average Bonchev–Trinajstić information content (AvgIpc) is 2.70. The number of rotatable bonds is 10. The molecule has 0 saturated carbocycles. The molecule has 0 aromatic heterocycles. The molecule has 1 N–H and O–H groups in total. The van der Waals surface area contributed by atoms with Crippen LogP contribution in [-0.4, -0.2) is 38.1 Å². The van der Waals surface area contributed by atoms with Gasteiger partial charge in [-0.3, -0.25) is 9.69 Å². The van der Waals surface area contributed by atoms with Gasteiger partial charge < -0.3 is 5.32 Å². The third-order valence-electron chi connectivity index (χ3n) is 4.58. The Kier molecular flexibility index (Phi) is 8.48. The van der Waals surface area contributed by atoms with Crippen LogP contribution in [0.1, 0.15) is 31.4 Å². The molecule has 0 aliphatic rings. The van der Waals surface area contributed by atoms with Gasteiger partial charge in [0.15, 0.2) is 9.84 Å². The highest BCUT2D eigenvalue weighted by atomic mass is 35.5. The van der Waals surface area contributed by atoms with E-state index in [1.54, 1.807) is 0 Å². The highest BCUT2D eigenvalue weighted by molar-refractivity contribution is 7.91. The van der Waals surface area contributed by atoms with E-state index >= 15 is 0 Å². The van der Waals surface area contributed by atoms with Crippen LogP contribution in [0, 0.1) is 0 Å². The van der Waals surface area contributed by atoms with Gasteiger partial charge in [-0.15, -0.1) is 0 Å². The third-order valence-corrected chi connectivity index (χ3v) is 6.57. The second-order valence-electron chi connectivity index (χ2n) is 6.58. The second kappa shape index (κ2) is 10.6. The molecule has 28 heavy (non-hydrogen) atoms. The fourth-order valence-corrected chi connectivity index (χ4v) is 4.11. The Hall–Kier alpha value is -1.89. The van der Waals surface area contributed by atoms with Crippen molar-refractivity contribution in [3.63, 3.8) is 0 Å². The van der Waals surface area contributed by atoms with Crippen LogP contribution in [0.2, 0.25) is 5.02 Å². The minimum absolute atomic E-state index is 0.0784. The van der Waals surface area contributed by atoms with Crippen LogP contribution >= 0.6 is 11.6 Å². The molecule has 2 aromatic carbocycles. The lowest BCUT2D eigenvalue weighted by Crippen LogP contribution is -2.25. The minimum Gasteiger partial charge on any atom is -0.352 e. The lowest BCUT2D eigenvalue weighted by atomic mass is 10.1. The van der Waals surface area contributed by atoms with E-state index in [1.807, 2.05) is 12.1 Å². The van der Waals surface area contributed by atoms with Gasteiger partial charge in [-0.1, -0.05) is 49.7 Å². The molecule has 0 fully saturated rings. The van der Waals surface area contributed by atoms with Gasteiger partial charge in [0.1, 0.15) is 0 Å². The Balaban J connectivity index is 1.81. The van der Waals surface area contributed by atoms with E-state index in [9.17, 15) is 13.2 Å². The van der Waals surface area contributed by atoms with Gasteiger partial charge in [-0.25, -0.2) is 8.42 Å². The zero-order valence-electron chi connectivity index (χ0n) is 16.3. The number of hydrogen-bond donors (Lipinski definition) is 1. The van der Waals surface area contributed by atoms with Gasteiger partial charge in [0, 0.05) is 24.5 Å². The van der Waals surface area contributed by atoms with Crippen LogP contribution in [0.15, 0.2) is 53.4 Å². The predicted octanol–water partition coefficient (Wildman–Crippen LogP) is 3.66. The minimum atomic E-state index is -3.50. The fraction of sp³-hybridized carbons (Fsp3) is 0.381. The highest BCUT2D eigenvalue weighted by Gasteiger charge is 2.16. The predicted molar refractivity (Wildman–Crippen MR) is 113 cm³/mol. The van der Waals surface area contributed by atoms with Gasteiger partial charge in [-0.2, -0.15) is 0 Å². The molecular weight excluding hydrogens is 396 g/mol. The summed E-state index contributed by atoms with van der Waals surface area (Å²) in [6.07, 6.45) is -0.0784. The topological polar surface area (TPSA) is 66.5 Å². The summed E-state index contributed by atoms with van der Waals surface area (Å²) in [5, 5.41) is 3.25. The van der Waals surface area contributed by atoms with Gasteiger partial charge in [0.25, 0.3) is 0 Å². The number of halogens is 1. The van der Waals surface area contributed by atoms with Crippen molar-refractivity contribution in [2.45, 2.75) is 38.3 Å². The molecule has 0 bridgehead atoms. The molecule has 0 saturated heterocycles. The normalized spacial score (nSPS) is 11.6. The number of sulfone groups is 1.